The van der Waals surface area contributed by atoms with Crippen LogP contribution in [0.4, 0.5) is 11.4 Å². The van der Waals surface area contributed by atoms with Gasteiger partial charge in [0.2, 0.25) is 5.91 Å². The second-order valence-electron chi connectivity index (χ2n) is 7.17. The number of amides is 2. The maximum Gasteiger partial charge on any atom is 0.274 e. The van der Waals surface area contributed by atoms with Crippen molar-refractivity contribution in [1.82, 2.24) is 0 Å². The number of hydrogen-bond acceptors (Lipinski definition) is 5. The van der Waals surface area contributed by atoms with E-state index in [1.54, 1.807) is 19.2 Å². The molecule has 0 saturated carbocycles. The minimum Gasteiger partial charge on any atom is -0.310 e. The lowest BCUT2D eigenvalue weighted by Gasteiger charge is -2.26. The van der Waals surface area contributed by atoms with Crippen LogP contribution in [0.5, 0.6) is 0 Å². The molecule has 29 heavy (non-hydrogen) atoms. The molecule has 3 rings (SSSR count). The highest BCUT2D eigenvalue weighted by atomic mass is 32.2. The molecule has 2 aromatic carbocycles. The highest BCUT2D eigenvalue weighted by Gasteiger charge is 2.28. The first-order chi connectivity index (χ1) is 13.6. The predicted molar refractivity (Wildman–Crippen MR) is 113 cm³/mol. The monoisotopic (exact) mass is 413 g/mol. The predicted octanol–water partition coefficient (Wildman–Crippen LogP) is 2.85. The zero-order chi connectivity index (χ0) is 21.3. The lowest BCUT2D eigenvalue weighted by atomic mass is 10.1. The molecule has 0 aliphatic carbocycles. The minimum absolute atomic E-state index is 0.157. The first kappa shape index (κ1) is 20.7. The van der Waals surface area contributed by atoms with Crippen molar-refractivity contribution in [2.45, 2.75) is 31.6 Å². The zero-order valence-corrected chi connectivity index (χ0v) is 17.7. The minimum atomic E-state index is -3.31. The van der Waals surface area contributed by atoms with E-state index in [1.165, 1.54) is 22.0 Å². The van der Waals surface area contributed by atoms with E-state index in [2.05, 4.69) is 5.10 Å². The molecular weight excluding hydrogens is 390 g/mol. The largest absolute Gasteiger partial charge is 0.310 e. The average Bonchev–Trinajstić information content (AvgIpc) is 2.68. The molecule has 2 aromatic rings. The van der Waals surface area contributed by atoms with Gasteiger partial charge in [-0.05, 0) is 55.3 Å². The van der Waals surface area contributed by atoms with E-state index in [0.29, 0.717) is 11.4 Å². The first-order valence-corrected chi connectivity index (χ1v) is 11.0. The normalized spacial score (nSPS) is 14.6. The van der Waals surface area contributed by atoms with E-state index < -0.39 is 9.84 Å². The molecule has 0 radical (unpaired) electrons. The Labute approximate surface area is 170 Å². The Morgan fingerprint density at radius 3 is 2.34 bits per heavy atom. The van der Waals surface area contributed by atoms with Crippen LogP contribution in [0.3, 0.4) is 0 Å². The van der Waals surface area contributed by atoms with Crippen LogP contribution in [-0.2, 0) is 19.4 Å². The van der Waals surface area contributed by atoms with Gasteiger partial charge >= 0.3 is 0 Å². The topological polar surface area (TPSA) is 87.1 Å². The number of nitrogens with zero attached hydrogens (tertiary/aromatic N) is 3. The Kier molecular flexibility index (Phi) is 5.57. The molecule has 2 amide bonds. The maximum atomic E-state index is 13.0. The fourth-order valence-electron chi connectivity index (χ4n) is 3.07. The van der Waals surface area contributed by atoms with E-state index in [9.17, 15) is 18.0 Å². The quantitative estimate of drug-likeness (QED) is 0.771. The van der Waals surface area contributed by atoms with Gasteiger partial charge in [0.1, 0.15) is 5.71 Å². The van der Waals surface area contributed by atoms with Crippen LogP contribution in [0.25, 0.3) is 0 Å². The number of anilines is 2. The molecule has 0 fully saturated rings. The molecule has 1 heterocycles. The van der Waals surface area contributed by atoms with Crippen LogP contribution >= 0.6 is 0 Å². The second-order valence-corrected chi connectivity index (χ2v) is 9.19. The highest BCUT2D eigenvalue weighted by molar-refractivity contribution is 7.90. The van der Waals surface area contributed by atoms with Crippen LogP contribution in [0.2, 0.25) is 0 Å². The number of sulfone groups is 1. The van der Waals surface area contributed by atoms with Crippen molar-refractivity contribution in [3.05, 3.63) is 53.6 Å². The van der Waals surface area contributed by atoms with Crippen molar-refractivity contribution in [2.75, 3.05) is 23.2 Å². The second kappa shape index (κ2) is 7.79. The van der Waals surface area contributed by atoms with Gasteiger partial charge in [-0.15, -0.1) is 0 Å². The van der Waals surface area contributed by atoms with E-state index in [4.69, 9.17) is 0 Å². The van der Waals surface area contributed by atoms with Gasteiger partial charge < -0.3 is 4.90 Å². The zero-order valence-electron chi connectivity index (χ0n) is 16.8. The van der Waals surface area contributed by atoms with Crippen LogP contribution < -0.4 is 9.91 Å². The van der Waals surface area contributed by atoms with Crippen molar-refractivity contribution in [3.63, 3.8) is 0 Å². The summed E-state index contributed by atoms with van der Waals surface area (Å²) in [6, 6.07) is 11.8. The Balaban J connectivity index is 1.89. The van der Waals surface area contributed by atoms with Gasteiger partial charge in [0.15, 0.2) is 9.84 Å². The van der Waals surface area contributed by atoms with Crippen LogP contribution in [0, 0.1) is 13.8 Å². The third-order valence-corrected chi connectivity index (χ3v) is 5.96. The molecule has 152 valence electrons. The van der Waals surface area contributed by atoms with Crippen molar-refractivity contribution >= 4 is 38.7 Å². The third kappa shape index (κ3) is 4.37. The van der Waals surface area contributed by atoms with E-state index in [-0.39, 0.29) is 35.3 Å². The summed E-state index contributed by atoms with van der Waals surface area (Å²) in [6.45, 7) is 3.82. The fourth-order valence-corrected chi connectivity index (χ4v) is 3.70. The lowest BCUT2D eigenvalue weighted by molar-refractivity contribution is -0.118. The molecule has 0 atom stereocenters. The number of hydrogen-bond donors (Lipinski definition) is 0. The van der Waals surface area contributed by atoms with Gasteiger partial charge in [0.25, 0.3) is 5.91 Å². The summed E-state index contributed by atoms with van der Waals surface area (Å²) in [6.07, 6.45) is 1.58. The number of benzene rings is 2. The average molecular weight is 413 g/mol. The maximum absolute atomic E-state index is 13.0. The molecule has 8 heteroatoms. The summed E-state index contributed by atoms with van der Waals surface area (Å²) in [5.41, 5.74) is 3.38. The van der Waals surface area contributed by atoms with Crippen molar-refractivity contribution in [3.8, 4) is 0 Å². The van der Waals surface area contributed by atoms with E-state index in [1.807, 2.05) is 32.0 Å². The van der Waals surface area contributed by atoms with Crippen LogP contribution in [0.15, 0.2) is 52.5 Å². The van der Waals surface area contributed by atoms with Gasteiger partial charge in [0.05, 0.1) is 10.6 Å². The molecule has 0 saturated heterocycles. The van der Waals surface area contributed by atoms with Gasteiger partial charge in [0, 0.05) is 31.8 Å². The summed E-state index contributed by atoms with van der Waals surface area (Å²) in [5, 5.41) is 5.66. The molecule has 0 bridgehead atoms. The summed E-state index contributed by atoms with van der Waals surface area (Å²) in [7, 11) is -1.71. The van der Waals surface area contributed by atoms with Gasteiger partial charge in [-0.2, -0.15) is 5.10 Å². The smallest absolute Gasteiger partial charge is 0.274 e. The van der Waals surface area contributed by atoms with Crippen molar-refractivity contribution in [1.29, 1.82) is 0 Å². The fraction of sp³-hybridized carbons (Fsp3) is 0.286. The molecule has 7 nitrogen and oxygen atoms in total. The van der Waals surface area contributed by atoms with Gasteiger partial charge in [-0.25, -0.2) is 13.4 Å². The standard InChI is InChI=1S/C21H23N3O4S/c1-14-5-6-15(2)19(13-14)24-20(25)12-11-18(22-24)21(26)23(3)16-7-9-17(10-8-16)29(4,27)28/h5-10,13H,11-12H2,1-4H3. The van der Waals surface area contributed by atoms with Gasteiger partial charge in [-0.1, -0.05) is 12.1 Å². The lowest BCUT2D eigenvalue weighted by Crippen LogP contribution is -2.40. The molecule has 1 aliphatic rings. The third-order valence-electron chi connectivity index (χ3n) is 4.83. The summed E-state index contributed by atoms with van der Waals surface area (Å²) < 4.78 is 23.2. The molecular formula is C21H23N3O4S. The summed E-state index contributed by atoms with van der Waals surface area (Å²) in [5.74, 6) is -0.490. The highest BCUT2D eigenvalue weighted by Crippen LogP contribution is 2.26. The Hall–Kier alpha value is -3.00. The number of carbonyl (C=O) groups is 2. The molecule has 0 aromatic heterocycles. The molecule has 0 unspecified atom stereocenters. The number of carbonyl (C=O) groups excluding carboxylic acids is 2. The Bertz CT molecular complexity index is 1110. The first-order valence-electron chi connectivity index (χ1n) is 9.14. The van der Waals surface area contributed by atoms with Gasteiger partial charge in [-0.3, -0.25) is 9.59 Å². The van der Waals surface area contributed by atoms with Crippen LogP contribution in [0.1, 0.15) is 24.0 Å². The van der Waals surface area contributed by atoms with Crippen molar-refractivity contribution in [2.24, 2.45) is 5.10 Å². The van der Waals surface area contributed by atoms with Crippen molar-refractivity contribution < 1.29 is 18.0 Å². The summed E-state index contributed by atoms with van der Waals surface area (Å²) >= 11 is 0. The van der Waals surface area contributed by atoms with E-state index in [0.717, 1.165) is 17.4 Å². The Morgan fingerprint density at radius 2 is 1.72 bits per heavy atom. The molecule has 0 spiro atoms. The van der Waals surface area contributed by atoms with E-state index >= 15 is 0 Å². The number of aryl methyl sites for hydroxylation is 2. The van der Waals surface area contributed by atoms with Crippen LogP contribution in [-0.4, -0.2) is 39.2 Å². The molecule has 1 aliphatic heterocycles. The SMILES string of the molecule is Cc1ccc(C)c(N2N=C(C(=O)N(C)c3ccc(S(C)(=O)=O)cc3)CCC2=O)c1. The molecule has 0 N–H and O–H groups in total. The number of rotatable bonds is 4. The summed E-state index contributed by atoms with van der Waals surface area (Å²) in [4.78, 5) is 27.0. The Morgan fingerprint density at radius 1 is 1.07 bits per heavy atom. The number of hydrazone groups is 1.